The quantitative estimate of drug-likeness (QED) is 0.100. The normalized spacial score (nSPS) is 14.5. The van der Waals surface area contributed by atoms with Crippen LogP contribution >= 0.6 is 0 Å². The molecule has 0 bridgehead atoms. The number of rotatable bonds is 24. The molecular formula is C28H55NO4. The Bertz CT molecular complexity index is 455. The fourth-order valence-electron chi connectivity index (χ4n) is 4.08. The summed E-state index contributed by atoms with van der Waals surface area (Å²) in [5, 5.41) is 32.9. The Balaban J connectivity index is 3.84. The lowest BCUT2D eigenvalue weighted by atomic mass is 9.99. The van der Waals surface area contributed by atoms with Gasteiger partial charge in [-0.25, -0.2) is 0 Å². The van der Waals surface area contributed by atoms with Crippen molar-refractivity contribution in [1.29, 1.82) is 0 Å². The molecule has 4 N–H and O–H groups in total. The van der Waals surface area contributed by atoms with E-state index >= 15 is 0 Å². The number of hydrogen-bond donors (Lipinski definition) is 4. The van der Waals surface area contributed by atoms with Crippen LogP contribution in [0.1, 0.15) is 136 Å². The molecule has 0 aliphatic carbocycles. The van der Waals surface area contributed by atoms with E-state index in [9.17, 15) is 20.1 Å². The zero-order valence-electron chi connectivity index (χ0n) is 21.8. The van der Waals surface area contributed by atoms with Crippen LogP contribution in [0.5, 0.6) is 0 Å². The van der Waals surface area contributed by atoms with Crippen molar-refractivity contribution in [3.05, 3.63) is 12.2 Å². The van der Waals surface area contributed by atoms with Crippen LogP contribution in [0.4, 0.5) is 0 Å². The minimum absolute atomic E-state index is 0.164. The van der Waals surface area contributed by atoms with Crippen LogP contribution in [0.15, 0.2) is 12.2 Å². The van der Waals surface area contributed by atoms with E-state index in [0.29, 0.717) is 12.8 Å². The maximum atomic E-state index is 12.2. The zero-order chi connectivity index (χ0) is 24.6. The number of carbonyl (C=O) groups is 1. The summed E-state index contributed by atoms with van der Waals surface area (Å²) in [6, 6.07) is -0.806. The van der Waals surface area contributed by atoms with Gasteiger partial charge in [0.25, 0.3) is 0 Å². The van der Waals surface area contributed by atoms with E-state index in [-0.39, 0.29) is 12.5 Å². The minimum Gasteiger partial charge on any atom is -0.394 e. The van der Waals surface area contributed by atoms with Crippen LogP contribution < -0.4 is 5.32 Å². The lowest BCUT2D eigenvalue weighted by molar-refractivity contribution is -0.124. The van der Waals surface area contributed by atoms with Crippen LogP contribution in [0, 0.1) is 0 Å². The Hall–Kier alpha value is -0.910. The van der Waals surface area contributed by atoms with E-state index in [1.165, 1.54) is 57.8 Å². The fourth-order valence-corrected chi connectivity index (χ4v) is 4.08. The third-order valence-corrected chi connectivity index (χ3v) is 6.37. The third kappa shape index (κ3) is 20.2. The van der Waals surface area contributed by atoms with Gasteiger partial charge in [-0.2, -0.15) is 0 Å². The first-order valence-electron chi connectivity index (χ1n) is 14.0. The van der Waals surface area contributed by atoms with Crippen LogP contribution in [-0.4, -0.2) is 46.1 Å². The average Bonchev–Trinajstić information content (AvgIpc) is 2.82. The zero-order valence-corrected chi connectivity index (χ0v) is 21.8. The molecule has 0 aromatic heterocycles. The molecule has 5 nitrogen and oxygen atoms in total. The van der Waals surface area contributed by atoms with Crippen molar-refractivity contribution in [3.8, 4) is 0 Å². The van der Waals surface area contributed by atoms with E-state index in [0.717, 1.165) is 51.4 Å². The average molecular weight is 470 g/mol. The Morgan fingerprint density at radius 2 is 1.24 bits per heavy atom. The van der Waals surface area contributed by atoms with Crippen molar-refractivity contribution in [2.45, 2.75) is 154 Å². The summed E-state index contributed by atoms with van der Waals surface area (Å²) < 4.78 is 0. The number of aliphatic hydroxyl groups is 3. The number of aliphatic hydroxyl groups excluding tert-OH is 3. The van der Waals surface area contributed by atoms with Crippen molar-refractivity contribution in [2.24, 2.45) is 0 Å². The second kappa shape index (κ2) is 24.2. The molecule has 5 heteroatoms. The van der Waals surface area contributed by atoms with Crippen LogP contribution in [0.3, 0.4) is 0 Å². The van der Waals surface area contributed by atoms with Crippen molar-refractivity contribution in [1.82, 2.24) is 5.32 Å². The van der Waals surface area contributed by atoms with E-state index in [1.54, 1.807) is 0 Å². The molecule has 3 unspecified atom stereocenters. The predicted octanol–water partition coefficient (Wildman–Crippen LogP) is 6.19. The third-order valence-electron chi connectivity index (χ3n) is 6.37. The smallest absolute Gasteiger partial charge is 0.220 e. The largest absolute Gasteiger partial charge is 0.394 e. The molecule has 196 valence electrons. The first-order valence-corrected chi connectivity index (χ1v) is 14.0. The fraction of sp³-hybridized carbons (Fsp3) is 0.893. The molecule has 0 rings (SSSR count). The first-order chi connectivity index (χ1) is 16.1. The summed E-state index contributed by atoms with van der Waals surface area (Å²) in [4.78, 5) is 12.2. The van der Waals surface area contributed by atoms with Crippen LogP contribution in [0.2, 0.25) is 0 Å². The van der Waals surface area contributed by atoms with Gasteiger partial charge in [-0.05, 0) is 32.1 Å². The lowest BCUT2D eigenvalue weighted by Crippen LogP contribution is -2.50. The SMILES string of the molecule is CCCC/C=C\CCCCCCC(=O)NC(CO)C(O)C(O)CCCCCCCCCCC. The molecule has 0 aromatic rings. The van der Waals surface area contributed by atoms with Crippen LogP contribution in [-0.2, 0) is 4.79 Å². The maximum Gasteiger partial charge on any atom is 0.220 e. The number of allylic oxidation sites excluding steroid dienone is 2. The first kappa shape index (κ1) is 32.1. The van der Waals surface area contributed by atoms with Gasteiger partial charge in [0.05, 0.1) is 18.8 Å². The number of nitrogens with one attached hydrogen (secondary N) is 1. The maximum absolute atomic E-state index is 12.2. The van der Waals surface area contributed by atoms with Gasteiger partial charge in [-0.3, -0.25) is 4.79 Å². The summed E-state index contributed by atoms with van der Waals surface area (Å²) in [7, 11) is 0. The molecule has 0 saturated heterocycles. The molecule has 33 heavy (non-hydrogen) atoms. The molecule has 0 aromatic carbocycles. The predicted molar refractivity (Wildman–Crippen MR) is 139 cm³/mol. The van der Waals surface area contributed by atoms with E-state index in [2.05, 4.69) is 31.3 Å². The Labute approximate surface area is 204 Å². The molecule has 0 saturated carbocycles. The highest BCUT2D eigenvalue weighted by molar-refractivity contribution is 5.76. The second-order valence-corrected chi connectivity index (χ2v) is 9.60. The lowest BCUT2D eigenvalue weighted by Gasteiger charge is -2.26. The molecule has 0 radical (unpaired) electrons. The van der Waals surface area contributed by atoms with Gasteiger partial charge < -0.3 is 20.6 Å². The molecular weight excluding hydrogens is 414 g/mol. The number of amides is 1. The summed E-state index contributed by atoms with van der Waals surface area (Å²) in [6.45, 7) is 4.06. The Morgan fingerprint density at radius 1 is 0.727 bits per heavy atom. The van der Waals surface area contributed by atoms with Gasteiger partial charge >= 0.3 is 0 Å². The summed E-state index contributed by atoms with van der Waals surface area (Å²) in [6.07, 6.45) is 23.0. The van der Waals surface area contributed by atoms with Gasteiger partial charge in [0.1, 0.15) is 6.10 Å². The molecule has 3 atom stereocenters. The highest BCUT2D eigenvalue weighted by atomic mass is 16.3. The molecule has 0 heterocycles. The van der Waals surface area contributed by atoms with E-state index < -0.39 is 18.2 Å². The minimum atomic E-state index is -1.13. The van der Waals surface area contributed by atoms with Gasteiger partial charge in [-0.15, -0.1) is 0 Å². The standard InChI is InChI=1S/C28H55NO4/c1-3-5-7-9-11-13-15-17-19-21-23-27(32)29-25(24-30)28(33)26(31)22-20-18-16-14-12-10-8-6-4-2/h9,11,25-26,28,30-31,33H,3-8,10,12-24H2,1-2H3,(H,29,32)/b11-9-. The van der Waals surface area contributed by atoms with E-state index in [1.807, 2.05) is 0 Å². The van der Waals surface area contributed by atoms with E-state index in [4.69, 9.17) is 0 Å². The summed E-state index contributed by atoms with van der Waals surface area (Å²) in [5.41, 5.74) is 0. The highest BCUT2D eigenvalue weighted by Gasteiger charge is 2.26. The molecule has 0 spiro atoms. The molecule has 0 aliphatic rings. The van der Waals surface area contributed by atoms with Gasteiger partial charge in [0.15, 0.2) is 0 Å². The Morgan fingerprint density at radius 3 is 1.85 bits per heavy atom. The van der Waals surface area contributed by atoms with Gasteiger partial charge in [0.2, 0.25) is 5.91 Å². The van der Waals surface area contributed by atoms with Gasteiger partial charge in [-0.1, -0.05) is 109 Å². The number of carbonyl (C=O) groups excluding carboxylic acids is 1. The monoisotopic (exact) mass is 469 g/mol. The summed E-state index contributed by atoms with van der Waals surface area (Å²) in [5.74, 6) is -0.164. The second-order valence-electron chi connectivity index (χ2n) is 9.60. The molecule has 0 aliphatic heterocycles. The number of hydrogen-bond acceptors (Lipinski definition) is 4. The molecule has 0 fully saturated rings. The van der Waals surface area contributed by atoms with Crippen molar-refractivity contribution in [3.63, 3.8) is 0 Å². The highest BCUT2D eigenvalue weighted by Crippen LogP contribution is 2.14. The topological polar surface area (TPSA) is 89.8 Å². The number of unbranched alkanes of at least 4 members (excludes halogenated alkanes) is 14. The van der Waals surface area contributed by atoms with Gasteiger partial charge in [0, 0.05) is 6.42 Å². The van der Waals surface area contributed by atoms with Crippen LogP contribution in [0.25, 0.3) is 0 Å². The Kier molecular flexibility index (Phi) is 23.6. The van der Waals surface area contributed by atoms with Crippen molar-refractivity contribution in [2.75, 3.05) is 6.61 Å². The molecule has 1 amide bonds. The van der Waals surface area contributed by atoms with Crippen molar-refractivity contribution < 1.29 is 20.1 Å². The van der Waals surface area contributed by atoms with Crippen molar-refractivity contribution >= 4 is 5.91 Å². The summed E-state index contributed by atoms with van der Waals surface area (Å²) >= 11 is 0.